The quantitative estimate of drug-likeness (QED) is 0.508. The molecule has 0 bridgehead atoms. The second-order valence-electron chi connectivity index (χ2n) is 8.18. The van der Waals surface area contributed by atoms with Crippen molar-refractivity contribution >= 4 is 5.97 Å². The zero-order valence-electron chi connectivity index (χ0n) is 19.0. The molecule has 3 aromatic rings. The van der Waals surface area contributed by atoms with Gasteiger partial charge in [-0.05, 0) is 56.4 Å². The largest absolute Gasteiger partial charge is 0.489 e. The predicted molar refractivity (Wildman–Crippen MR) is 116 cm³/mol. The van der Waals surface area contributed by atoms with E-state index in [4.69, 9.17) is 9.47 Å². The first-order valence-electron chi connectivity index (χ1n) is 11.1. The molecule has 0 radical (unpaired) electrons. The third-order valence-electron chi connectivity index (χ3n) is 5.65. The van der Waals surface area contributed by atoms with Crippen LogP contribution in [0.15, 0.2) is 12.1 Å². The number of nitrogens with zero attached hydrogens (tertiary/aromatic N) is 8. The summed E-state index contributed by atoms with van der Waals surface area (Å²) in [5.41, 5.74) is 2.74. The summed E-state index contributed by atoms with van der Waals surface area (Å²) in [5, 5.41) is 29.9. The second kappa shape index (κ2) is 9.92. The van der Waals surface area contributed by atoms with Gasteiger partial charge in [0.1, 0.15) is 18.0 Å². The fourth-order valence-corrected chi connectivity index (χ4v) is 3.89. The number of aliphatic carboxylic acids is 1. The summed E-state index contributed by atoms with van der Waals surface area (Å²) < 4.78 is 13.2. The van der Waals surface area contributed by atoms with Gasteiger partial charge in [0.25, 0.3) is 0 Å². The van der Waals surface area contributed by atoms with Crippen molar-refractivity contribution in [2.75, 3.05) is 6.61 Å². The van der Waals surface area contributed by atoms with Gasteiger partial charge in [-0.25, -0.2) is 9.67 Å². The van der Waals surface area contributed by atoms with E-state index in [2.05, 4.69) is 30.7 Å². The molecule has 2 atom stereocenters. The number of carbonyl (C=O) groups is 1. The minimum absolute atomic E-state index is 0.124. The van der Waals surface area contributed by atoms with E-state index in [1.165, 1.54) is 4.80 Å². The van der Waals surface area contributed by atoms with Crippen molar-refractivity contribution < 1.29 is 19.4 Å². The molecule has 0 amide bonds. The van der Waals surface area contributed by atoms with E-state index < -0.39 is 5.97 Å². The molecule has 0 aliphatic heterocycles. The summed E-state index contributed by atoms with van der Waals surface area (Å²) in [4.78, 5) is 17.4. The molecule has 3 heterocycles. The van der Waals surface area contributed by atoms with E-state index in [0.29, 0.717) is 48.8 Å². The maximum atomic E-state index is 11.3. The molecule has 1 aliphatic rings. The second-order valence-corrected chi connectivity index (χ2v) is 8.18. The summed E-state index contributed by atoms with van der Waals surface area (Å²) in [6, 6.07) is 3.92. The van der Waals surface area contributed by atoms with Gasteiger partial charge in [0.05, 0.1) is 35.7 Å². The molecular formula is C21H28N8O4. The van der Waals surface area contributed by atoms with Gasteiger partial charge < -0.3 is 14.6 Å². The minimum Gasteiger partial charge on any atom is -0.489 e. The Labute approximate surface area is 190 Å². The minimum atomic E-state index is -0.755. The van der Waals surface area contributed by atoms with Gasteiger partial charge in [-0.2, -0.15) is 4.80 Å². The Morgan fingerprint density at radius 1 is 1.24 bits per heavy atom. The standard InChI is InChI=1S/C21H28N8O4/c1-4-10-32-21-24-27-29(25-21)12-17-19(23-26-28(17)3)16-8-9-18(13(2)22-16)33-15-7-5-6-14(11-15)20(30)31/h8-9,14-15H,4-7,10-12H2,1-3H3,(H,30,31)/t14-,15+/m1/s1. The van der Waals surface area contributed by atoms with Crippen molar-refractivity contribution in [1.29, 1.82) is 0 Å². The van der Waals surface area contributed by atoms with Crippen molar-refractivity contribution in [3.63, 3.8) is 0 Å². The Hall–Kier alpha value is -3.57. The van der Waals surface area contributed by atoms with E-state index in [1.807, 2.05) is 26.0 Å². The molecule has 0 aromatic carbocycles. The first-order valence-corrected chi connectivity index (χ1v) is 11.1. The number of pyridine rings is 1. The predicted octanol–water partition coefficient (Wildman–Crippen LogP) is 2.03. The van der Waals surface area contributed by atoms with Gasteiger partial charge in [-0.15, -0.1) is 5.10 Å². The molecule has 12 heteroatoms. The van der Waals surface area contributed by atoms with Crippen LogP contribution in [0.25, 0.3) is 11.4 Å². The lowest BCUT2D eigenvalue weighted by Gasteiger charge is -2.27. The summed E-state index contributed by atoms with van der Waals surface area (Å²) in [7, 11) is 1.80. The number of hydrogen-bond acceptors (Lipinski definition) is 9. The van der Waals surface area contributed by atoms with Crippen LogP contribution in [0, 0.1) is 12.8 Å². The van der Waals surface area contributed by atoms with Crippen molar-refractivity contribution in [2.24, 2.45) is 13.0 Å². The average molecular weight is 457 g/mol. The summed E-state index contributed by atoms with van der Waals surface area (Å²) >= 11 is 0. The zero-order chi connectivity index (χ0) is 23.4. The highest BCUT2D eigenvalue weighted by Crippen LogP contribution is 2.30. The highest BCUT2D eigenvalue weighted by Gasteiger charge is 2.28. The number of carboxylic acid groups (broad SMARTS) is 1. The molecule has 1 aliphatic carbocycles. The number of ether oxygens (including phenoxy) is 2. The van der Waals surface area contributed by atoms with Crippen molar-refractivity contribution in [2.45, 2.75) is 58.6 Å². The summed E-state index contributed by atoms with van der Waals surface area (Å²) in [6.07, 6.45) is 3.63. The zero-order valence-corrected chi connectivity index (χ0v) is 19.0. The lowest BCUT2D eigenvalue weighted by atomic mass is 9.87. The fourth-order valence-electron chi connectivity index (χ4n) is 3.89. The van der Waals surface area contributed by atoms with Crippen LogP contribution < -0.4 is 9.47 Å². The number of hydrogen-bond donors (Lipinski definition) is 1. The fraction of sp³-hybridized carbons (Fsp3) is 0.571. The highest BCUT2D eigenvalue weighted by atomic mass is 16.5. The average Bonchev–Trinajstić information content (AvgIpc) is 3.41. The number of carboxylic acids is 1. The van der Waals surface area contributed by atoms with Gasteiger partial charge in [0.2, 0.25) is 0 Å². The van der Waals surface area contributed by atoms with Crippen LogP contribution in [-0.4, -0.2) is 64.0 Å². The number of tetrazole rings is 1. The molecule has 1 saturated carbocycles. The van der Waals surface area contributed by atoms with Crippen molar-refractivity contribution in [3.8, 4) is 23.1 Å². The van der Waals surface area contributed by atoms with Gasteiger partial charge in [-0.1, -0.05) is 22.3 Å². The van der Waals surface area contributed by atoms with Gasteiger partial charge >= 0.3 is 12.0 Å². The van der Waals surface area contributed by atoms with Crippen LogP contribution in [0.1, 0.15) is 50.4 Å². The highest BCUT2D eigenvalue weighted by molar-refractivity contribution is 5.70. The van der Waals surface area contributed by atoms with Gasteiger partial charge in [0.15, 0.2) is 0 Å². The molecular weight excluding hydrogens is 428 g/mol. The van der Waals surface area contributed by atoms with E-state index in [1.54, 1.807) is 11.7 Å². The Bertz CT molecular complexity index is 1110. The first kappa shape index (κ1) is 22.6. The molecule has 1 fully saturated rings. The van der Waals surface area contributed by atoms with Crippen LogP contribution in [0.3, 0.4) is 0 Å². The first-order chi connectivity index (χ1) is 15.9. The summed E-state index contributed by atoms with van der Waals surface area (Å²) in [5.74, 6) is -0.456. The lowest BCUT2D eigenvalue weighted by Crippen LogP contribution is -2.29. The Balaban J connectivity index is 1.49. The molecule has 0 spiro atoms. The van der Waals surface area contributed by atoms with Crippen LogP contribution in [0.5, 0.6) is 11.8 Å². The van der Waals surface area contributed by atoms with Crippen LogP contribution in [-0.2, 0) is 18.4 Å². The van der Waals surface area contributed by atoms with E-state index in [-0.39, 0.29) is 18.0 Å². The molecule has 1 N–H and O–H groups in total. The molecule has 0 saturated heterocycles. The Kier molecular flexibility index (Phi) is 6.80. The van der Waals surface area contributed by atoms with Crippen LogP contribution in [0.2, 0.25) is 0 Å². The van der Waals surface area contributed by atoms with Crippen molar-refractivity contribution in [1.82, 2.24) is 40.2 Å². The molecule has 4 rings (SSSR count). The van der Waals surface area contributed by atoms with E-state index >= 15 is 0 Å². The SMILES string of the molecule is CCCOc1nnn(Cc2c(-c3ccc(O[C@H]4CCC[C@@H](C(=O)O)C4)c(C)n3)nnn2C)n1. The maximum Gasteiger partial charge on any atom is 0.356 e. The lowest BCUT2D eigenvalue weighted by molar-refractivity contribution is -0.143. The van der Waals surface area contributed by atoms with E-state index in [9.17, 15) is 9.90 Å². The Morgan fingerprint density at radius 2 is 2.09 bits per heavy atom. The third kappa shape index (κ3) is 5.26. The molecule has 33 heavy (non-hydrogen) atoms. The number of aryl methyl sites for hydroxylation is 2. The monoisotopic (exact) mass is 456 g/mol. The van der Waals surface area contributed by atoms with Crippen LogP contribution >= 0.6 is 0 Å². The van der Waals surface area contributed by atoms with Crippen LogP contribution in [0.4, 0.5) is 0 Å². The van der Waals surface area contributed by atoms with Gasteiger partial charge in [-0.3, -0.25) is 4.79 Å². The summed E-state index contributed by atoms with van der Waals surface area (Å²) in [6.45, 7) is 4.70. The smallest absolute Gasteiger partial charge is 0.356 e. The maximum absolute atomic E-state index is 11.3. The molecule has 12 nitrogen and oxygen atoms in total. The number of aromatic nitrogens is 8. The molecule has 176 valence electrons. The molecule has 0 unspecified atom stereocenters. The van der Waals surface area contributed by atoms with E-state index in [0.717, 1.165) is 25.0 Å². The topological polar surface area (TPSA) is 143 Å². The van der Waals surface area contributed by atoms with Crippen molar-refractivity contribution in [3.05, 3.63) is 23.5 Å². The van der Waals surface area contributed by atoms with Gasteiger partial charge in [0, 0.05) is 7.05 Å². The normalized spacial score (nSPS) is 18.3. The molecule has 3 aromatic heterocycles. The third-order valence-corrected chi connectivity index (χ3v) is 5.65. The Morgan fingerprint density at radius 3 is 2.85 bits per heavy atom. The number of rotatable bonds is 9.